The van der Waals surface area contributed by atoms with Crippen molar-refractivity contribution >= 4 is 22.8 Å². The number of fused-ring (bicyclic) bond motifs is 1. The Labute approximate surface area is 170 Å². The minimum absolute atomic E-state index is 0.0471. The number of pyridine rings is 1. The Kier molecular flexibility index (Phi) is 5.74. The van der Waals surface area contributed by atoms with Crippen LogP contribution in [0.3, 0.4) is 0 Å². The van der Waals surface area contributed by atoms with Gasteiger partial charge in [-0.25, -0.2) is 15.0 Å². The Morgan fingerprint density at radius 3 is 2.86 bits per heavy atom. The van der Waals surface area contributed by atoms with Gasteiger partial charge in [-0.15, -0.1) is 0 Å². The summed E-state index contributed by atoms with van der Waals surface area (Å²) in [5.41, 5.74) is 4.56. The third-order valence-electron chi connectivity index (χ3n) is 5.51. The van der Waals surface area contributed by atoms with Crippen LogP contribution in [-0.4, -0.2) is 33.9 Å². The molecule has 29 heavy (non-hydrogen) atoms. The van der Waals surface area contributed by atoms with Crippen molar-refractivity contribution in [3.63, 3.8) is 0 Å². The van der Waals surface area contributed by atoms with Crippen molar-refractivity contribution in [3.8, 4) is 0 Å². The Morgan fingerprint density at radius 1 is 1.28 bits per heavy atom. The van der Waals surface area contributed by atoms with Gasteiger partial charge in [-0.3, -0.25) is 4.79 Å². The molecule has 0 unspecified atom stereocenters. The van der Waals surface area contributed by atoms with Crippen molar-refractivity contribution in [1.82, 2.24) is 20.3 Å². The molecule has 7 nitrogen and oxygen atoms in total. The number of furan rings is 1. The zero-order chi connectivity index (χ0) is 20.2. The summed E-state index contributed by atoms with van der Waals surface area (Å²) in [6.45, 7) is 6.21. The van der Waals surface area contributed by atoms with E-state index in [0.717, 1.165) is 60.6 Å². The maximum absolute atomic E-state index is 12.6. The van der Waals surface area contributed by atoms with E-state index in [1.807, 2.05) is 18.3 Å². The fraction of sp³-hybridized carbons (Fsp3) is 0.455. The summed E-state index contributed by atoms with van der Waals surface area (Å²) in [6, 6.07) is 5.74. The second-order valence-corrected chi connectivity index (χ2v) is 7.44. The Balaban J connectivity index is 1.48. The summed E-state index contributed by atoms with van der Waals surface area (Å²) in [5, 5.41) is 2.99. The second-order valence-electron chi connectivity index (χ2n) is 7.44. The smallest absolute Gasteiger partial charge is 0.225 e. The van der Waals surface area contributed by atoms with Crippen molar-refractivity contribution in [2.24, 2.45) is 5.92 Å². The summed E-state index contributed by atoms with van der Waals surface area (Å²) in [6.07, 6.45) is 7.05. The van der Waals surface area contributed by atoms with E-state index in [1.165, 1.54) is 0 Å². The van der Waals surface area contributed by atoms with Crippen molar-refractivity contribution in [1.29, 1.82) is 0 Å². The summed E-state index contributed by atoms with van der Waals surface area (Å²) in [7, 11) is 0. The van der Waals surface area contributed by atoms with Gasteiger partial charge in [0.2, 0.25) is 5.91 Å². The molecule has 3 aromatic heterocycles. The maximum Gasteiger partial charge on any atom is 0.225 e. The Morgan fingerprint density at radius 2 is 2.10 bits per heavy atom. The van der Waals surface area contributed by atoms with E-state index in [4.69, 9.17) is 9.40 Å². The quantitative estimate of drug-likeness (QED) is 0.692. The first-order valence-electron chi connectivity index (χ1n) is 10.4. The number of carbonyl (C=O) groups excluding carboxylic acids is 1. The normalized spacial score (nSPS) is 16.9. The molecule has 0 spiro atoms. The summed E-state index contributed by atoms with van der Waals surface area (Å²) >= 11 is 0. The third-order valence-corrected chi connectivity index (χ3v) is 5.51. The van der Waals surface area contributed by atoms with E-state index >= 15 is 0 Å². The number of hydrogen-bond acceptors (Lipinski definition) is 6. The fourth-order valence-electron chi connectivity index (χ4n) is 3.90. The molecular weight excluding hydrogens is 366 g/mol. The van der Waals surface area contributed by atoms with Crippen LogP contribution in [0.1, 0.15) is 43.8 Å². The predicted molar refractivity (Wildman–Crippen MR) is 112 cm³/mol. The summed E-state index contributed by atoms with van der Waals surface area (Å²) in [5.74, 6) is 0.788. The molecule has 1 saturated heterocycles. The molecule has 1 atom stereocenters. The number of amides is 1. The maximum atomic E-state index is 12.6. The van der Waals surface area contributed by atoms with E-state index in [9.17, 15) is 4.79 Å². The molecule has 0 saturated carbocycles. The van der Waals surface area contributed by atoms with Crippen LogP contribution >= 0.6 is 0 Å². The monoisotopic (exact) mass is 393 g/mol. The van der Waals surface area contributed by atoms with Crippen LogP contribution in [0.15, 0.2) is 35.1 Å². The first-order chi connectivity index (χ1) is 14.2. The SMILES string of the molecule is CCc1nc2cc(N3CCC[C@H](C(=O)NCc4ccco4)C3)cnc2nc1CC. The van der Waals surface area contributed by atoms with E-state index < -0.39 is 0 Å². The molecule has 1 N–H and O–H groups in total. The van der Waals surface area contributed by atoms with E-state index in [0.29, 0.717) is 18.7 Å². The largest absolute Gasteiger partial charge is 0.467 e. The Hall–Kier alpha value is -2.96. The lowest BCUT2D eigenvalue weighted by Crippen LogP contribution is -2.43. The zero-order valence-electron chi connectivity index (χ0n) is 17.0. The molecule has 0 aliphatic carbocycles. The van der Waals surface area contributed by atoms with Gasteiger partial charge in [0.1, 0.15) is 11.3 Å². The van der Waals surface area contributed by atoms with Crippen molar-refractivity contribution in [3.05, 3.63) is 47.8 Å². The predicted octanol–water partition coefficient (Wildman–Crippen LogP) is 3.28. The third kappa shape index (κ3) is 4.23. The average molecular weight is 393 g/mol. The van der Waals surface area contributed by atoms with Crippen LogP contribution in [0.5, 0.6) is 0 Å². The lowest BCUT2D eigenvalue weighted by Gasteiger charge is -2.33. The molecule has 152 valence electrons. The molecule has 1 amide bonds. The van der Waals surface area contributed by atoms with Crippen molar-refractivity contribution < 1.29 is 9.21 Å². The van der Waals surface area contributed by atoms with Crippen LogP contribution in [0, 0.1) is 5.92 Å². The summed E-state index contributed by atoms with van der Waals surface area (Å²) < 4.78 is 5.29. The number of anilines is 1. The molecule has 0 aromatic carbocycles. The van der Waals surface area contributed by atoms with E-state index in [1.54, 1.807) is 6.26 Å². The van der Waals surface area contributed by atoms with Crippen LogP contribution < -0.4 is 10.2 Å². The highest BCUT2D eigenvalue weighted by Gasteiger charge is 2.26. The number of piperidine rings is 1. The van der Waals surface area contributed by atoms with Crippen molar-refractivity contribution in [2.75, 3.05) is 18.0 Å². The van der Waals surface area contributed by atoms with Gasteiger partial charge in [0.05, 0.1) is 42.0 Å². The molecule has 1 fully saturated rings. The highest BCUT2D eigenvalue weighted by atomic mass is 16.3. The molecule has 4 heterocycles. The van der Waals surface area contributed by atoms with Gasteiger partial charge in [-0.2, -0.15) is 0 Å². The van der Waals surface area contributed by atoms with Gasteiger partial charge >= 0.3 is 0 Å². The van der Waals surface area contributed by atoms with Crippen LogP contribution in [0.4, 0.5) is 5.69 Å². The van der Waals surface area contributed by atoms with Gasteiger partial charge in [-0.05, 0) is 43.9 Å². The number of nitrogens with zero attached hydrogens (tertiary/aromatic N) is 4. The lowest BCUT2D eigenvalue weighted by atomic mass is 9.96. The van der Waals surface area contributed by atoms with Gasteiger partial charge in [0.15, 0.2) is 5.65 Å². The van der Waals surface area contributed by atoms with E-state index in [2.05, 4.69) is 40.1 Å². The first-order valence-corrected chi connectivity index (χ1v) is 10.4. The number of nitrogens with one attached hydrogen (secondary N) is 1. The average Bonchev–Trinajstić information content (AvgIpc) is 3.29. The number of rotatable bonds is 6. The lowest BCUT2D eigenvalue weighted by molar-refractivity contribution is -0.125. The van der Waals surface area contributed by atoms with Crippen LogP contribution in [-0.2, 0) is 24.2 Å². The number of aryl methyl sites for hydroxylation is 2. The first kappa shape index (κ1) is 19.4. The number of hydrogen-bond donors (Lipinski definition) is 1. The van der Waals surface area contributed by atoms with Gasteiger partial charge in [0, 0.05) is 13.1 Å². The zero-order valence-corrected chi connectivity index (χ0v) is 17.0. The minimum atomic E-state index is -0.0471. The molecule has 7 heteroatoms. The molecular formula is C22H27N5O2. The highest BCUT2D eigenvalue weighted by Crippen LogP contribution is 2.25. The molecule has 4 rings (SSSR count). The van der Waals surface area contributed by atoms with Gasteiger partial charge < -0.3 is 14.6 Å². The van der Waals surface area contributed by atoms with Crippen molar-refractivity contribution in [2.45, 2.75) is 46.1 Å². The minimum Gasteiger partial charge on any atom is -0.467 e. The topological polar surface area (TPSA) is 84.2 Å². The highest BCUT2D eigenvalue weighted by molar-refractivity contribution is 5.80. The van der Waals surface area contributed by atoms with Gasteiger partial charge in [-0.1, -0.05) is 13.8 Å². The molecule has 0 radical (unpaired) electrons. The molecule has 1 aliphatic heterocycles. The number of aromatic nitrogens is 3. The summed E-state index contributed by atoms with van der Waals surface area (Å²) in [4.78, 5) is 28.9. The van der Waals surface area contributed by atoms with Gasteiger partial charge in [0.25, 0.3) is 0 Å². The standard InChI is InChI=1S/C22H27N5O2/c1-3-18-19(4-2)26-21-20(25-18)11-16(12-23-21)27-9-5-7-15(14-27)22(28)24-13-17-8-6-10-29-17/h6,8,10-12,15H,3-5,7,9,13-14H2,1-2H3,(H,24,28)/t15-/m0/s1. The number of carbonyl (C=O) groups is 1. The van der Waals surface area contributed by atoms with Crippen LogP contribution in [0.25, 0.3) is 11.2 Å². The molecule has 1 aliphatic rings. The van der Waals surface area contributed by atoms with Crippen LogP contribution in [0.2, 0.25) is 0 Å². The second kappa shape index (κ2) is 8.59. The van der Waals surface area contributed by atoms with E-state index in [-0.39, 0.29) is 11.8 Å². The fourth-order valence-corrected chi connectivity index (χ4v) is 3.90. The molecule has 3 aromatic rings. The molecule has 0 bridgehead atoms. The Bertz CT molecular complexity index is 986.